The fourth-order valence-corrected chi connectivity index (χ4v) is 3.61. The predicted octanol–water partition coefficient (Wildman–Crippen LogP) is 1.50. The summed E-state index contributed by atoms with van der Waals surface area (Å²) in [6.45, 7) is 7.46. The molecule has 7 heteroatoms. The Hall–Kier alpha value is -1.44. The van der Waals surface area contributed by atoms with E-state index in [1.807, 2.05) is 0 Å². The molecule has 2 rings (SSSR count). The van der Waals surface area contributed by atoms with Gasteiger partial charge in [-0.3, -0.25) is 4.79 Å². The van der Waals surface area contributed by atoms with Crippen molar-refractivity contribution in [3.8, 4) is 0 Å². The molecule has 1 aromatic carbocycles. The van der Waals surface area contributed by atoms with Crippen LogP contribution in [-0.4, -0.2) is 44.9 Å². The number of carbonyl (C=O) groups is 1. The zero-order valence-electron chi connectivity index (χ0n) is 15.1. The Morgan fingerprint density at radius 3 is 2.40 bits per heavy atom. The van der Waals surface area contributed by atoms with Crippen LogP contribution in [0.3, 0.4) is 0 Å². The van der Waals surface area contributed by atoms with Gasteiger partial charge in [0.25, 0.3) is 0 Å². The van der Waals surface area contributed by atoms with Crippen LogP contribution in [0.2, 0.25) is 0 Å². The Morgan fingerprint density at radius 2 is 1.88 bits per heavy atom. The summed E-state index contributed by atoms with van der Waals surface area (Å²) in [5, 5.41) is 8.17. The highest BCUT2D eigenvalue weighted by Gasteiger charge is 2.20. The van der Waals surface area contributed by atoms with Gasteiger partial charge in [-0.2, -0.15) is 0 Å². The van der Waals surface area contributed by atoms with Crippen molar-refractivity contribution in [2.45, 2.75) is 50.5 Å². The Labute approximate surface area is 150 Å². The molecule has 1 unspecified atom stereocenters. The lowest BCUT2D eigenvalue weighted by atomic mass is 9.98. The SMILES string of the molecule is CCC(CN1CCC(C)CC1)NC(=O)Cc1ccc(S(N)(=O)=O)cc1. The highest BCUT2D eigenvalue weighted by Crippen LogP contribution is 2.16. The highest BCUT2D eigenvalue weighted by atomic mass is 32.2. The molecule has 140 valence electrons. The van der Waals surface area contributed by atoms with Gasteiger partial charge in [0.1, 0.15) is 0 Å². The summed E-state index contributed by atoms with van der Waals surface area (Å²) < 4.78 is 22.5. The quantitative estimate of drug-likeness (QED) is 0.764. The molecule has 0 bridgehead atoms. The zero-order valence-corrected chi connectivity index (χ0v) is 15.9. The molecule has 25 heavy (non-hydrogen) atoms. The minimum Gasteiger partial charge on any atom is -0.352 e. The maximum absolute atomic E-state index is 12.3. The molecule has 0 aromatic heterocycles. The molecule has 6 nitrogen and oxygen atoms in total. The van der Waals surface area contributed by atoms with Gasteiger partial charge >= 0.3 is 0 Å². The number of nitrogens with two attached hydrogens (primary N) is 1. The van der Waals surface area contributed by atoms with Crippen molar-refractivity contribution >= 4 is 15.9 Å². The normalized spacial score (nSPS) is 18.0. The molecule has 0 saturated carbocycles. The molecule has 1 amide bonds. The molecule has 1 aliphatic rings. The van der Waals surface area contributed by atoms with Crippen molar-refractivity contribution in [3.63, 3.8) is 0 Å². The van der Waals surface area contributed by atoms with Crippen LogP contribution < -0.4 is 10.5 Å². The van der Waals surface area contributed by atoms with Crippen molar-refractivity contribution in [2.75, 3.05) is 19.6 Å². The maximum atomic E-state index is 12.3. The van der Waals surface area contributed by atoms with E-state index in [0.717, 1.165) is 37.5 Å². The molecule has 0 aliphatic carbocycles. The summed E-state index contributed by atoms with van der Waals surface area (Å²) in [6, 6.07) is 6.27. The first-order chi connectivity index (χ1) is 11.8. The summed E-state index contributed by atoms with van der Waals surface area (Å²) in [5.41, 5.74) is 0.770. The first kappa shape index (κ1) is 19.9. The molecule has 1 atom stereocenters. The highest BCUT2D eigenvalue weighted by molar-refractivity contribution is 7.89. The van der Waals surface area contributed by atoms with Crippen molar-refractivity contribution in [3.05, 3.63) is 29.8 Å². The van der Waals surface area contributed by atoms with Gasteiger partial charge in [-0.05, 0) is 56.0 Å². The summed E-state index contributed by atoms with van der Waals surface area (Å²) in [7, 11) is -3.70. The topological polar surface area (TPSA) is 92.5 Å². The molecule has 1 aromatic rings. The van der Waals surface area contributed by atoms with E-state index in [1.54, 1.807) is 12.1 Å². The number of hydrogen-bond donors (Lipinski definition) is 2. The number of primary sulfonamides is 1. The van der Waals surface area contributed by atoms with Gasteiger partial charge in [-0.1, -0.05) is 26.0 Å². The zero-order chi connectivity index (χ0) is 18.4. The number of carbonyl (C=O) groups excluding carboxylic acids is 1. The van der Waals surface area contributed by atoms with E-state index in [0.29, 0.717) is 0 Å². The van der Waals surface area contributed by atoms with Crippen LogP contribution in [-0.2, 0) is 21.2 Å². The lowest BCUT2D eigenvalue weighted by Gasteiger charge is -2.33. The number of piperidine rings is 1. The molecule has 1 saturated heterocycles. The largest absolute Gasteiger partial charge is 0.352 e. The van der Waals surface area contributed by atoms with Crippen LogP contribution in [0.25, 0.3) is 0 Å². The van der Waals surface area contributed by atoms with Gasteiger partial charge in [-0.15, -0.1) is 0 Å². The molecule has 3 N–H and O–H groups in total. The van der Waals surface area contributed by atoms with E-state index in [-0.39, 0.29) is 23.3 Å². The van der Waals surface area contributed by atoms with Crippen LogP contribution in [0.1, 0.15) is 38.7 Å². The average molecular weight is 368 g/mol. The van der Waals surface area contributed by atoms with Crippen molar-refractivity contribution in [1.82, 2.24) is 10.2 Å². The van der Waals surface area contributed by atoms with Crippen LogP contribution in [0.5, 0.6) is 0 Å². The number of benzene rings is 1. The number of nitrogens with zero attached hydrogens (tertiary/aromatic N) is 1. The third-order valence-electron chi connectivity index (χ3n) is 4.83. The number of hydrogen-bond acceptors (Lipinski definition) is 4. The summed E-state index contributed by atoms with van der Waals surface area (Å²) in [5.74, 6) is 0.756. The molecule has 1 heterocycles. The lowest BCUT2D eigenvalue weighted by molar-refractivity contribution is -0.121. The number of likely N-dealkylation sites (tertiary alicyclic amines) is 1. The summed E-state index contributed by atoms with van der Waals surface area (Å²) in [4.78, 5) is 14.8. The van der Waals surface area contributed by atoms with Gasteiger partial charge in [-0.25, -0.2) is 13.6 Å². The Bertz CT molecular complexity index is 665. The van der Waals surface area contributed by atoms with Crippen molar-refractivity contribution < 1.29 is 13.2 Å². The summed E-state index contributed by atoms with van der Waals surface area (Å²) in [6.07, 6.45) is 3.57. The molecule has 1 aliphatic heterocycles. The second kappa shape index (κ2) is 8.78. The van der Waals surface area contributed by atoms with Crippen LogP contribution in [0, 0.1) is 5.92 Å². The molecule has 1 fully saturated rings. The van der Waals surface area contributed by atoms with Crippen LogP contribution >= 0.6 is 0 Å². The standard InChI is InChI=1S/C18H29N3O3S/c1-3-16(13-21-10-8-14(2)9-11-21)20-18(22)12-15-4-6-17(7-5-15)25(19,23)24/h4-7,14,16H,3,8-13H2,1-2H3,(H,20,22)(H2,19,23,24). The van der Waals surface area contributed by atoms with E-state index in [2.05, 4.69) is 24.1 Å². The van der Waals surface area contributed by atoms with E-state index in [4.69, 9.17) is 5.14 Å². The van der Waals surface area contributed by atoms with Crippen molar-refractivity contribution in [2.24, 2.45) is 11.1 Å². The van der Waals surface area contributed by atoms with Gasteiger partial charge in [0.2, 0.25) is 15.9 Å². The number of amides is 1. The molecular formula is C18H29N3O3S. The van der Waals surface area contributed by atoms with Crippen molar-refractivity contribution in [1.29, 1.82) is 0 Å². The lowest BCUT2D eigenvalue weighted by Crippen LogP contribution is -2.46. The maximum Gasteiger partial charge on any atom is 0.238 e. The van der Waals surface area contributed by atoms with E-state index in [9.17, 15) is 13.2 Å². The third-order valence-corrected chi connectivity index (χ3v) is 5.76. The molecule has 0 spiro atoms. The van der Waals surface area contributed by atoms with Gasteiger partial charge in [0, 0.05) is 12.6 Å². The Kier molecular flexibility index (Phi) is 6.98. The van der Waals surface area contributed by atoms with Crippen LogP contribution in [0.4, 0.5) is 0 Å². The molecule has 0 radical (unpaired) electrons. The average Bonchev–Trinajstić information content (AvgIpc) is 2.56. The smallest absolute Gasteiger partial charge is 0.238 e. The predicted molar refractivity (Wildman–Crippen MR) is 98.6 cm³/mol. The van der Waals surface area contributed by atoms with E-state index in [1.165, 1.54) is 25.0 Å². The fourth-order valence-electron chi connectivity index (χ4n) is 3.09. The minimum atomic E-state index is -3.70. The van der Waals surface area contributed by atoms with Gasteiger partial charge in [0.05, 0.1) is 11.3 Å². The molecular weight excluding hydrogens is 338 g/mol. The number of nitrogens with one attached hydrogen (secondary N) is 1. The fraction of sp³-hybridized carbons (Fsp3) is 0.611. The Morgan fingerprint density at radius 1 is 1.28 bits per heavy atom. The summed E-state index contributed by atoms with van der Waals surface area (Å²) >= 11 is 0. The van der Waals surface area contributed by atoms with E-state index >= 15 is 0 Å². The Balaban J connectivity index is 1.85. The van der Waals surface area contributed by atoms with Gasteiger partial charge < -0.3 is 10.2 Å². The van der Waals surface area contributed by atoms with Gasteiger partial charge in [0.15, 0.2) is 0 Å². The first-order valence-corrected chi connectivity index (χ1v) is 10.5. The monoisotopic (exact) mass is 367 g/mol. The first-order valence-electron chi connectivity index (χ1n) is 8.91. The van der Waals surface area contributed by atoms with Crippen LogP contribution in [0.15, 0.2) is 29.2 Å². The third kappa shape index (κ3) is 6.41. The second-order valence-corrected chi connectivity index (χ2v) is 8.58. The number of sulfonamides is 1. The minimum absolute atomic E-state index is 0.0411. The second-order valence-electron chi connectivity index (χ2n) is 7.02. The number of rotatable bonds is 7. The van der Waals surface area contributed by atoms with E-state index < -0.39 is 10.0 Å².